The predicted octanol–water partition coefficient (Wildman–Crippen LogP) is 4.51. The fourth-order valence-corrected chi connectivity index (χ4v) is 10.3. The summed E-state index contributed by atoms with van der Waals surface area (Å²) in [5.41, 5.74) is 0.848. The molecule has 3 saturated carbocycles. The van der Waals surface area contributed by atoms with Crippen molar-refractivity contribution >= 4 is 5.97 Å². The molecule has 4 N–H and O–H groups in total. The van der Waals surface area contributed by atoms with Gasteiger partial charge in [0, 0.05) is 12.3 Å². The van der Waals surface area contributed by atoms with Crippen LogP contribution in [0.4, 0.5) is 0 Å². The lowest BCUT2D eigenvalue weighted by molar-refractivity contribution is -0.287. The fourth-order valence-electron chi connectivity index (χ4n) is 10.3. The highest BCUT2D eigenvalue weighted by atomic mass is 16.7. The van der Waals surface area contributed by atoms with Crippen LogP contribution in [0, 0.1) is 40.4 Å². The van der Waals surface area contributed by atoms with E-state index in [1.165, 1.54) is 38.2 Å². The Morgan fingerprint density at radius 2 is 1.90 bits per heavy atom. The normalized spacial score (nSPS) is 44.4. The van der Waals surface area contributed by atoms with Crippen LogP contribution in [0.3, 0.4) is 0 Å². The van der Waals surface area contributed by atoms with Gasteiger partial charge in [0.15, 0.2) is 12.4 Å². The van der Waals surface area contributed by atoms with Gasteiger partial charge < -0.3 is 34.6 Å². The average molecular weight is 593 g/mol. The first-order valence-corrected chi connectivity index (χ1v) is 16.6. The third-order valence-corrected chi connectivity index (χ3v) is 12.4. The zero-order valence-electron chi connectivity index (χ0n) is 26.5. The smallest absolute Gasteiger partial charge is 0.303 e. The summed E-state index contributed by atoms with van der Waals surface area (Å²) >= 11 is 0. The number of allylic oxidation sites excluding steroid dienone is 1. The maximum Gasteiger partial charge on any atom is 0.303 e. The van der Waals surface area contributed by atoms with E-state index in [1.807, 2.05) is 13.8 Å². The van der Waals surface area contributed by atoms with Gasteiger partial charge in [-0.2, -0.15) is 0 Å². The van der Waals surface area contributed by atoms with E-state index in [4.69, 9.17) is 14.2 Å². The van der Waals surface area contributed by atoms with Crippen LogP contribution in [-0.4, -0.2) is 75.9 Å². The zero-order valence-corrected chi connectivity index (χ0v) is 26.5. The van der Waals surface area contributed by atoms with Crippen LogP contribution in [0.2, 0.25) is 0 Å². The Kier molecular flexibility index (Phi) is 9.55. The van der Waals surface area contributed by atoms with Gasteiger partial charge >= 0.3 is 5.97 Å². The first-order valence-electron chi connectivity index (χ1n) is 16.6. The van der Waals surface area contributed by atoms with Crippen molar-refractivity contribution in [1.82, 2.24) is 0 Å². The third-order valence-electron chi connectivity index (χ3n) is 12.4. The molecule has 0 bridgehead atoms. The molecule has 1 heterocycles. The van der Waals surface area contributed by atoms with Crippen molar-refractivity contribution in [3.8, 4) is 0 Å². The van der Waals surface area contributed by atoms with Crippen molar-refractivity contribution in [3.05, 3.63) is 11.6 Å². The lowest BCUT2D eigenvalue weighted by atomic mass is 9.46. The highest BCUT2D eigenvalue weighted by Gasteiger charge is 2.60. The molecule has 1 aliphatic heterocycles. The molecule has 0 radical (unpaired) electrons. The average Bonchev–Trinajstić information content (AvgIpc) is 3.29. The molecule has 1 saturated heterocycles. The molecule has 0 aromatic carbocycles. The van der Waals surface area contributed by atoms with Crippen molar-refractivity contribution in [2.75, 3.05) is 13.2 Å². The van der Waals surface area contributed by atoms with Crippen molar-refractivity contribution in [2.24, 2.45) is 40.4 Å². The lowest BCUT2D eigenvalue weighted by Gasteiger charge is -2.59. The number of carbonyl (C=O) groups excluding carboxylic acids is 1. The van der Waals surface area contributed by atoms with E-state index in [2.05, 4.69) is 19.9 Å². The second-order valence-corrected chi connectivity index (χ2v) is 15.4. The zero-order chi connectivity index (χ0) is 30.4. The van der Waals surface area contributed by atoms with Gasteiger partial charge in [-0.1, -0.05) is 38.3 Å². The van der Waals surface area contributed by atoms with Crippen molar-refractivity contribution < 1.29 is 39.4 Å². The molecule has 5 rings (SSSR count). The summed E-state index contributed by atoms with van der Waals surface area (Å²) in [6.45, 7) is 10.2. The second kappa shape index (κ2) is 12.4. The largest absolute Gasteiger partial charge is 0.457 e. The van der Waals surface area contributed by atoms with Crippen LogP contribution >= 0.6 is 0 Å². The van der Waals surface area contributed by atoms with Gasteiger partial charge in [0.1, 0.15) is 12.2 Å². The minimum Gasteiger partial charge on any atom is -0.457 e. The van der Waals surface area contributed by atoms with Gasteiger partial charge in [0.2, 0.25) is 0 Å². The summed E-state index contributed by atoms with van der Waals surface area (Å²) in [7, 11) is 0. The van der Waals surface area contributed by atoms with Gasteiger partial charge in [0.05, 0.1) is 24.9 Å². The van der Waals surface area contributed by atoms with Crippen LogP contribution in [-0.2, 0) is 19.0 Å². The number of rotatable bonds is 9. The third kappa shape index (κ3) is 6.10. The van der Waals surface area contributed by atoms with E-state index in [1.54, 1.807) is 0 Å². The molecule has 4 fully saturated rings. The number of hydrogen-bond donors (Lipinski definition) is 4. The first kappa shape index (κ1) is 32.4. The Morgan fingerprint density at radius 3 is 2.60 bits per heavy atom. The van der Waals surface area contributed by atoms with E-state index < -0.39 is 36.2 Å². The molecule has 8 nitrogen and oxygen atoms in total. The SMILES string of the molecule is CC(=O)O[C@@H]1CO[C@@H](O[C@H]2CC[C@@]3(CO)C(=CC[C@@H]4[C@@H]3CC[C@]3(C)[C@@H]([C@H](C)CCCC(C)(C)O)CC[C@@H]43)C2)[C@@H](O)[C@@H]1O. The van der Waals surface area contributed by atoms with E-state index in [0.29, 0.717) is 35.5 Å². The quantitative estimate of drug-likeness (QED) is 0.228. The van der Waals surface area contributed by atoms with E-state index in [-0.39, 0.29) is 24.7 Å². The molecular weight excluding hydrogens is 536 g/mol. The Morgan fingerprint density at radius 1 is 1.14 bits per heavy atom. The van der Waals surface area contributed by atoms with Crippen molar-refractivity contribution in [2.45, 2.75) is 142 Å². The van der Waals surface area contributed by atoms with Crippen LogP contribution < -0.4 is 0 Å². The molecule has 4 aliphatic carbocycles. The Labute approximate surface area is 252 Å². The van der Waals surface area contributed by atoms with Crippen LogP contribution in [0.15, 0.2) is 11.6 Å². The number of esters is 1. The van der Waals surface area contributed by atoms with Gasteiger partial charge in [-0.25, -0.2) is 0 Å². The summed E-state index contributed by atoms with van der Waals surface area (Å²) in [5, 5.41) is 42.3. The minimum absolute atomic E-state index is 0.0264. The van der Waals surface area contributed by atoms with Gasteiger partial charge in [0.25, 0.3) is 0 Å². The van der Waals surface area contributed by atoms with Crippen molar-refractivity contribution in [1.29, 1.82) is 0 Å². The maximum absolute atomic E-state index is 11.3. The molecule has 0 amide bonds. The highest BCUT2D eigenvalue weighted by Crippen LogP contribution is 2.67. The molecule has 0 aromatic rings. The summed E-state index contributed by atoms with van der Waals surface area (Å²) in [6.07, 6.45) is 9.20. The summed E-state index contributed by atoms with van der Waals surface area (Å²) in [5.74, 6) is 2.62. The monoisotopic (exact) mass is 592 g/mol. The number of hydrogen-bond acceptors (Lipinski definition) is 8. The van der Waals surface area contributed by atoms with Gasteiger partial charge in [-0.3, -0.25) is 4.79 Å². The predicted molar refractivity (Wildman–Crippen MR) is 158 cm³/mol. The van der Waals surface area contributed by atoms with E-state index in [0.717, 1.165) is 44.4 Å². The fraction of sp³-hybridized carbons (Fsp3) is 0.912. The van der Waals surface area contributed by atoms with Gasteiger partial charge in [-0.15, -0.1) is 0 Å². The molecule has 0 aromatic heterocycles. The molecule has 8 heteroatoms. The van der Waals surface area contributed by atoms with Crippen molar-refractivity contribution in [3.63, 3.8) is 0 Å². The summed E-state index contributed by atoms with van der Waals surface area (Å²) < 4.78 is 17.0. The van der Waals surface area contributed by atoms with Crippen LogP contribution in [0.1, 0.15) is 105 Å². The van der Waals surface area contributed by atoms with Gasteiger partial charge in [-0.05, 0) is 107 Å². The topological polar surface area (TPSA) is 126 Å². The summed E-state index contributed by atoms with van der Waals surface area (Å²) in [4.78, 5) is 11.3. The molecule has 240 valence electrons. The second-order valence-electron chi connectivity index (χ2n) is 15.4. The summed E-state index contributed by atoms with van der Waals surface area (Å²) in [6, 6.07) is 0. The maximum atomic E-state index is 11.3. The molecule has 12 atom stereocenters. The highest BCUT2D eigenvalue weighted by molar-refractivity contribution is 5.66. The first-order chi connectivity index (χ1) is 19.8. The Hall–Kier alpha value is -1.03. The molecule has 5 aliphatic rings. The molecule has 42 heavy (non-hydrogen) atoms. The minimum atomic E-state index is -1.30. The molecular formula is C34H56O8. The number of ether oxygens (including phenoxy) is 3. The number of aliphatic hydroxyl groups excluding tert-OH is 3. The number of aliphatic hydroxyl groups is 4. The Balaban J connectivity index is 1.23. The van der Waals surface area contributed by atoms with E-state index in [9.17, 15) is 25.2 Å². The molecule has 0 spiro atoms. The van der Waals surface area contributed by atoms with Crippen LogP contribution in [0.25, 0.3) is 0 Å². The Bertz CT molecular complexity index is 991. The standard InChI is InChI=1S/C34H56O8/c1-20(7-6-14-32(3,4)39)25-10-11-26-24-9-8-22-17-23(12-16-34(22,19-35)27(24)13-15-33(25,26)5)42-31-30(38)29(37)28(18-40-31)41-21(2)36/h8,20,23-31,35,37-39H,6-7,9-19H2,1-5H3/t20-,23+,24+,25-,26+,27+,28-,29-,30+,31+,33-,34-/m1/s1. The number of carbonyl (C=O) groups is 1. The van der Waals surface area contributed by atoms with E-state index >= 15 is 0 Å². The molecule has 0 unspecified atom stereocenters. The lowest BCUT2D eigenvalue weighted by Crippen LogP contribution is -2.56. The van der Waals surface area contributed by atoms with Crippen LogP contribution in [0.5, 0.6) is 0 Å². The number of fused-ring (bicyclic) bond motifs is 5.